The van der Waals surface area contributed by atoms with Gasteiger partial charge < -0.3 is 15.1 Å². The standard InChI is InChI=1S/C8H13NO4/c1-6(5-7(11)12)8(13)9(2)3-4-10/h5,10H,3-4H2,1-2H3,(H,11,12)/b6-5+. The van der Waals surface area contributed by atoms with Crippen molar-refractivity contribution >= 4 is 11.9 Å². The molecular formula is C8H13NO4. The molecular weight excluding hydrogens is 174 g/mol. The van der Waals surface area contributed by atoms with Gasteiger partial charge in [-0.15, -0.1) is 0 Å². The maximum atomic E-state index is 11.3. The quantitative estimate of drug-likeness (QED) is 0.580. The molecule has 0 aromatic rings. The highest BCUT2D eigenvalue weighted by atomic mass is 16.4. The summed E-state index contributed by atoms with van der Waals surface area (Å²) in [5, 5.41) is 16.9. The highest BCUT2D eigenvalue weighted by molar-refractivity contribution is 5.98. The summed E-state index contributed by atoms with van der Waals surface area (Å²) in [4.78, 5) is 22.7. The molecule has 0 spiro atoms. The monoisotopic (exact) mass is 187 g/mol. The fourth-order valence-electron chi connectivity index (χ4n) is 0.800. The van der Waals surface area contributed by atoms with Crippen molar-refractivity contribution in [1.82, 2.24) is 4.90 Å². The van der Waals surface area contributed by atoms with Crippen molar-refractivity contribution in [2.45, 2.75) is 6.92 Å². The number of rotatable bonds is 4. The first kappa shape index (κ1) is 11.6. The van der Waals surface area contributed by atoms with Crippen LogP contribution in [-0.2, 0) is 9.59 Å². The average molecular weight is 187 g/mol. The van der Waals surface area contributed by atoms with Gasteiger partial charge >= 0.3 is 5.97 Å². The normalized spacial score (nSPS) is 11.2. The minimum absolute atomic E-state index is 0.136. The van der Waals surface area contributed by atoms with Gasteiger partial charge in [0.15, 0.2) is 0 Å². The summed E-state index contributed by atoms with van der Waals surface area (Å²) in [6, 6.07) is 0. The van der Waals surface area contributed by atoms with E-state index in [1.54, 1.807) is 0 Å². The fraction of sp³-hybridized carbons (Fsp3) is 0.500. The Morgan fingerprint density at radius 1 is 1.46 bits per heavy atom. The second-order valence-electron chi connectivity index (χ2n) is 2.62. The molecule has 5 heteroatoms. The molecule has 5 nitrogen and oxygen atoms in total. The molecule has 1 amide bonds. The van der Waals surface area contributed by atoms with Gasteiger partial charge in [0.25, 0.3) is 0 Å². The van der Waals surface area contributed by atoms with Gasteiger partial charge in [0.05, 0.1) is 6.61 Å². The molecule has 0 aliphatic carbocycles. The first-order chi connectivity index (χ1) is 5.99. The van der Waals surface area contributed by atoms with E-state index in [1.165, 1.54) is 18.9 Å². The lowest BCUT2D eigenvalue weighted by molar-refractivity contribution is -0.132. The molecule has 74 valence electrons. The number of likely N-dealkylation sites (N-methyl/N-ethyl adjacent to an activating group) is 1. The summed E-state index contributed by atoms with van der Waals surface area (Å²) >= 11 is 0. The summed E-state index contributed by atoms with van der Waals surface area (Å²) in [7, 11) is 1.50. The highest BCUT2D eigenvalue weighted by Gasteiger charge is 2.10. The first-order valence-electron chi connectivity index (χ1n) is 3.76. The minimum atomic E-state index is -1.15. The third kappa shape index (κ3) is 4.27. The number of aliphatic hydroxyl groups is 1. The van der Waals surface area contributed by atoms with Crippen LogP contribution in [0.3, 0.4) is 0 Å². The molecule has 0 unspecified atom stereocenters. The summed E-state index contributed by atoms with van der Waals surface area (Å²) in [5.74, 6) is -1.54. The van der Waals surface area contributed by atoms with Gasteiger partial charge in [0.1, 0.15) is 0 Å². The molecule has 0 aliphatic rings. The maximum absolute atomic E-state index is 11.3. The number of hydrogen-bond acceptors (Lipinski definition) is 3. The third-order valence-corrected chi connectivity index (χ3v) is 1.46. The van der Waals surface area contributed by atoms with Crippen molar-refractivity contribution in [3.05, 3.63) is 11.6 Å². The van der Waals surface area contributed by atoms with E-state index in [9.17, 15) is 9.59 Å². The molecule has 0 heterocycles. The Morgan fingerprint density at radius 3 is 2.38 bits per heavy atom. The summed E-state index contributed by atoms with van der Waals surface area (Å²) < 4.78 is 0. The summed E-state index contributed by atoms with van der Waals surface area (Å²) in [5.41, 5.74) is 0.142. The van der Waals surface area contributed by atoms with Gasteiger partial charge in [-0.2, -0.15) is 0 Å². The van der Waals surface area contributed by atoms with Gasteiger partial charge in [-0.1, -0.05) is 0 Å². The molecule has 0 aliphatic heterocycles. The fourth-order valence-corrected chi connectivity index (χ4v) is 0.800. The second kappa shape index (κ2) is 5.31. The minimum Gasteiger partial charge on any atom is -0.478 e. The number of carboxylic acids is 1. The molecule has 0 rings (SSSR count). The van der Waals surface area contributed by atoms with Crippen molar-refractivity contribution in [2.24, 2.45) is 0 Å². The van der Waals surface area contributed by atoms with Crippen LogP contribution < -0.4 is 0 Å². The predicted octanol–water partition coefficient (Wildman–Crippen LogP) is -0.532. The molecule has 0 fully saturated rings. The van der Waals surface area contributed by atoms with E-state index in [0.717, 1.165) is 6.08 Å². The second-order valence-corrected chi connectivity index (χ2v) is 2.62. The molecule has 0 atom stereocenters. The van der Waals surface area contributed by atoms with Crippen LogP contribution in [0.1, 0.15) is 6.92 Å². The van der Waals surface area contributed by atoms with E-state index < -0.39 is 11.9 Å². The van der Waals surface area contributed by atoms with Crippen LogP contribution >= 0.6 is 0 Å². The number of carbonyl (C=O) groups excluding carboxylic acids is 1. The Hall–Kier alpha value is -1.36. The van der Waals surface area contributed by atoms with Gasteiger partial charge in [-0.3, -0.25) is 4.79 Å². The molecule has 0 aromatic carbocycles. The van der Waals surface area contributed by atoms with Crippen LogP contribution in [0.4, 0.5) is 0 Å². The van der Waals surface area contributed by atoms with Crippen LogP contribution in [-0.4, -0.2) is 47.2 Å². The molecule has 13 heavy (non-hydrogen) atoms. The van der Waals surface area contributed by atoms with Gasteiger partial charge in [0.2, 0.25) is 5.91 Å². The molecule has 2 N–H and O–H groups in total. The smallest absolute Gasteiger partial charge is 0.328 e. The highest BCUT2D eigenvalue weighted by Crippen LogP contribution is 1.98. The Morgan fingerprint density at radius 2 is 2.00 bits per heavy atom. The van der Waals surface area contributed by atoms with E-state index in [4.69, 9.17) is 10.2 Å². The van der Waals surface area contributed by atoms with Gasteiger partial charge in [0, 0.05) is 25.2 Å². The van der Waals surface area contributed by atoms with Crippen LogP contribution in [0.2, 0.25) is 0 Å². The zero-order chi connectivity index (χ0) is 10.4. The molecule has 0 aromatic heterocycles. The van der Waals surface area contributed by atoms with E-state index >= 15 is 0 Å². The first-order valence-corrected chi connectivity index (χ1v) is 3.76. The molecule has 0 saturated heterocycles. The van der Waals surface area contributed by atoms with E-state index in [2.05, 4.69) is 0 Å². The lowest BCUT2D eigenvalue weighted by Crippen LogP contribution is -2.30. The van der Waals surface area contributed by atoms with Crippen molar-refractivity contribution in [2.75, 3.05) is 20.2 Å². The van der Waals surface area contributed by atoms with Gasteiger partial charge in [-0.25, -0.2) is 4.79 Å². The number of carbonyl (C=O) groups is 2. The van der Waals surface area contributed by atoms with Crippen LogP contribution in [0.5, 0.6) is 0 Å². The van der Waals surface area contributed by atoms with Gasteiger partial charge in [-0.05, 0) is 6.92 Å². The zero-order valence-corrected chi connectivity index (χ0v) is 7.65. The lowest BCUT2D eigenvalue weighted by atomic mass is 10.2. The molecule has 0 radical (unpaired) electrons. The van der Waals surface area contributed by atoms with Crippen molar-refractivity contribution in [3.63, 3.8) is 0 Å². The van der Waals surface area contributed by atoms with Crippen molar-refractivity contribution < 1.29 is 19.8 Å². The Kier molecular flexibility index (Phi) is 4.76. The zero-order valence-electron chi connectivity index (χ0n) is 7.65. The van der Waals surface area contributed by atoms with E-state index in [0.29, 0.717) is 0 Å². The van der Waals surface area contributed by atoms with Crippen molar-refractivity contribution in [1.29, 1.82) is 0 Å². The van der Waals surface area contributed by atoms with Crippen molar-refractivity contribution in [3.8, 4) is 0 Å². The maximum Gasteiger partial charge on any atom is 0.328 e. The summed E-state index contributed by atoms with van der Waals surface area (Å²) in [6.07, 6.45) is 0.843. The van der Waals surface area contributed by atoms with E-state index in [-0.39, 0.29) is 18.7 Å². The average Bonchev–Trinajstić information content (AvgIpc) is 2.02. The predicted molar refractivity (Wildman–Crippen MR) is 46.1 cm³/mol. The number of carboxylic acid groups (broad SMARTS) is 1. The topological polar surface area (TPSA) is 77.8 Å². The van der Waals surface area contributed by atoms with Crippen LogP contribution in [0.25, 0.3) is 0 Å². The third-order valence-electron chi connectivity index (χ3n) is 1.46. The lowest BCUT2D eigenvalue weighted by Gasteiger charge is -2.15. The summed E-state index contributed by atoms with van der Waals surface area (Å²) in [6.45, 7) is 1.48. The SMILES string of the molecule is C/C(=C\C(=O)O)C(=O)N(C)CCO. The Labute approximate surface area is 76.3 Å². The van der Waals surface area contributed by atoms with Crippen LogP contribution in [0.15, 0.2) is 11.6 Å². The number of aliphatic carboxylic acids is 1. The largest absolute Gasteiger partial charge is 0.478 e. The number of amides is 1. The molecule has 0 bridgehead atoms. The Bertz CT molecular complexity index is 234. The number of aliphatic hydroxyl groups excluding tert-OH is 1. The number of nitrogens with zero attached hydrogens (tertiary/aromatic N) is 1. The number of hydrogen-bond donors (Lipinski definition) is 2. The molecule has 0 saturated carbocycles. The van der Waals surface area contributed by atoms with E-state index in [1.807, 2.05) is 0 Å². The Balaban J connectivity index is 4.33. The van der Waals surface area contributed by atoms with Crippen LogP contribution in [0, 0.1) is 0 Å².